The molecule has 0 atom stereocenters. The summed E-state index contributed by atoms with van der Waals surface area (Å²) in [5.41, 5.74) is 0. The molecule has 0 unspecified atom stereocenters. The molecule has 0 spiro atoms. The Bertz CT molecular complexity index is 609. The molecule has 0 bridgehead atoms. The number of hydrogen-bond acceptors (Lipinski definition) is 6. The van der Waals surface area contributed by atoms with E-state index < -0.39 is 5.82 Å². The first-order chi connectivity index (χ1) is 9.97. The Kier molecular flexibility index (Phi) is 4.66. The van der Waals surface area contributed by atoms with Gasteiger partial charge in [0.1, 0.15) is 11.6 Å². The number of halogens is 1. The predicted octanol–water partition coefficient (Wildman–Crippen LogP) is 1.39. The molecule has 8 heteroatoms. The van der Waals surface area contributed by atoms with Gasteiger partial charge in [-0.25, -0.2) is 14.4 Å². The lowest BCUT2D eigenvalue weighted by Crippen LogP contribution is -2.16. The number of aryl methyl sites for hydroxylation is 3. The van der Waals surface area contributed by atoms with E-state index in [1.807, 2.05) is 18.5 Å². The molecule has 21 heavy (non-hydrogen) atoms. The highest BCUT2D eigenvalue weighted by Crippen LogP contribution is 2.14. The van der Waals surface area contributed by atoms with E-state index in [0.29, 0.717) is 12.5 Å². The van der Waals surface area contributed by atoms with Crippen LogP contribution in [0.4, 0.5) is 16.2 Å². The highest BCUT2D eigenvalue weighted by atomic mass is 19.1. The third kappa shape index (κ3) is 3.87. The van der Waals surface area contributed by atoms with Crippen molar-refractivity contribution < 1.29 is 4.39 Å². The number of nitrogens with one attached hydrogen (secondary N) is 1. The summed E-state index contributed by atoms with van der Waals surface area (Å²) in [5.74, 6) is 1.94. The van der Waals surface area contributed by atoms with Gasteiger partial charge in [0.2, 0.25) is 5.95 Å². The van der Waals surface area contributed by atoms with Crippen LogP contribution in [-0.4, -0.2) is 45.4 Å². The quantitative estimate of drug-likeness (QED) is 0.812. The highest BCUT2D eigenvalue weighted by Gasteiger charge is 2.08. The average Bonchev–Trinajstić information content (AvgIpc) is 2.74. The molecule has 2 aromatic rings. The van der Waals surface area contributed by atoms with Gasteiger partial charge in [-0.05, 0) is 20.3 Å². The van der Waals surface area contributed by atoms with Crippen molar-refractivity contribution in [1.29, 1.82) is 0 Å². The number of anilines is 2. The van der Waals surface area contributed by atoms with E-state index >= 15 is 0 Å². The Morgan fingerprint density at radius 3 is 2.67 bits per heavy atom. The Morgan fingerprint density at radius 1 is 1.29 bits per heavy atom. The van der Waals surface area contributed by atoms with E-state index in [1.165, 1.54) is 6.20 Å². The van der Waals surface area contributed by atoms with E-state index in [0.717, 1.165) is 24.6 Å². The molecule has 2 rings (SSSR count). The van der Waals surface area contributed by atoms with Gasteiger partial charge in [-0.3, -0.25) is 4.68 Å². The second kappa shape index (κ2) is 6.47. The minimum Gasteiger partial charge on any atom is -0.360 e. The summed E-state index contributed by atoms with van der Waals surface area (Å²) < 4.78 is 15.3. The van der Waals surface area contributed by atoms with Gasteiger partial charge in [-0.2, -0.15) is 10.1 Å². The summed E-state index contributed by atoms with van der Waals surface area (Å²) >= 11 is 0. The molecular weight excluding hydrogens is 273 g/mol. The van der Waals surface area contributed by atoms with E-state index in [2.05, 4.69) is 25.4 Å². The fourth-order valence-corrected chi connectivity index (χ4v) is 1.96. The van der Waals surface area contributed by atoms with E-state index in [-0.39, 0.29) is 5.82 Å². The van der Waals surface area contributed by atoms with Crippen molar-refractivity contribution in [2.45, 2.75) is 26.8 Å². The van der Waals surface area contributed by atoms with E-state index in [4.69, 9.17) is 0 Å². The van der Waals surface area contributed by atoms with Crippen LogP contribution in [-0.2, 0) is 6.54 Å². The van der Waals surface area contributed by atoms with Gasteiger partial charge in [-0.15, -0.1) is 0 Å². The van der Waals surface area contributed by atoms with Gasteiger partial charge in [0.15, 0.2) is 11.6 Å². The van der Waals surface area contributed by atoms with Crippen LogP contribution in [0.25, 0.3) is 0 Å². The van der Waals surface area contributed by atoms with Gasteiger partial charge < -0.3 is 10.2 Å². The molecule has 1 N–H and O–H groups in total. The first kappa shape index (κ1) is 15.1. The molecule has 2 heterocycles. The van der Waals surface area contributed by atoms with Crippen molar-refractivity contribution in [1.82, 2.24) is 24.7 Å². The summed E-state index contributed by atoms with van der Waals surface area (Å²) in [4.78, 5) is 13.9. The maximum absolute atomic E-state index is 13.5. The van der Waals surface area contributed by atoms with Crippen LogP contribution in [0, 0.1) is 19.7 Å². The first-order valence-corrected chi connectivity index (χ1v) is 6.79. The molecule has 0 aliphatic rings. The molecule has 0 aliphatic carbocycles. The van der Waals surface area contributed by atoms with Crippen LogP contribution in [0.1, 0.15) is 18.1 Å². The zero-order valence-corrected chi connectivity index (χ0v) is 12.8. The lowest BCUT2D eigenvalue weighted by molar-refractivity contribution is 0.570. The summed E-state index contributed by atoms with van der Waals surface area (Å²) in [7, 11) is 3.48. The van der Waals surface area contributed by atoms with Gasteiger partial charge in [0.05, 0.1) is 6.20 Å². The minimum absolute atomic E-state index is 0.273. The summed E-state index contributed by atoms with van der Waals surface area (Å²) in [6.07, 6.45) is 2.03. The molecular formula is C13H20FN7. The van der Waals surface area contributed by atoms with E-state index in [1.54, 1.807) is 19.0 Å². The van der Waals surface area contributed by atoms with Crippen molar-refractivity contribution >= 4 is 11.8 Å². The average molecular weight is 293 g/mol. The number of hydrogen-bond donors (Lipinski definition) is 1. The second-order valence-electron chi connectivity index (χ2n) is 4.97. The maximum Gasteiger partial charge on any atom is 0.224 e. The zero-order valence-electron chi connectivity index (χ0n) is 12.8. The van der Waals surface area contributed by atoms with Crippen LogP contribution < -0.4 is 10.2 Å². The first-order valence-electron chi connectivity index (χ1n) is 6.79. The predicted molar refractivity (Wildman–Crippen MR) is 78.9 cm³/mol. The second-order valence-corrected chi connectivity index (χ2v) is 4.97. The SMILES string of the molecule is Cc1nc(C)n(CCCNc2ncc(F)c(N(C)C)n2)n1. The largest absolute Gasteiger partial charge is 0.360 e. The monoisotopic (exact) mass is 293 g/mol. The molecule has 0 aromatic carbocycles. The van der Waals surface area contributed by atoms with Crippen molar-refractivity contribution in [3.05, 3.63) is 23.7 Å². The molecule has 0 fully saturated rings. The molecule has 0 saturated heterocycles. The molecule has 7 nitrogen and oxygen atoms in total. The fourth-order valence-electron chi connectivity index (χ4n) is 1.96. The Labute approximate surface area is 123 Å². The molecule has 0 saturated carbocycles. The number of nitrogens with zero attached hydrogens (tertiary/aromatic N) is 6. The number of aromatic nitrogens is 5. The van der Waals surface area contributed by atoms with Crippen molar-refractivity contribution in [2.75, 3.05) is 30.9 Å². The fraction of sp³-hybridized carbons (Fsp3) is 0.538. The van der Waals surface area contributed by atoms with Crippen LogP contribution in [0.15, 0.2) is 6.20 Å². The summed E-state index contributed by atoms with van der Waals surface area (Å²) in [6, 6.07) is 0. The van der Waals surface area contributed by atoms with Crippen LogP contribution >= 0.6 is 0 Å². The zero-order chi connectivity index (χ0) is 15.4. The van der Waals surface area contributed by atoms with E-state index in [9.17, 15) is 4.39 Å². The molecule has 114 valence electrons. The lowest BCUT2D eigenvalue weighted by atomic mass is 10.4. The van der Waals surface area contributed by atoms with Crippen molar-refractivity contribution in [2.24, 2.45) is 0 Å². The Morgan fingerprint density at radius 2 is 2.05 bits per heavy atom. The smallest absolute Gasteiger partial charge is 0.224 e. The third-order valence-corrected chi connectivity index (χ3v) is 2.94. The molecule has 0 aliphatic heterocycles. The summed E-state index contributed by atoms with van der Waals surface area (Å²) in [5, 5.41) is 7.38. The third-order valence-electron chi connectivity index (χ3n) is 2.94. The van der Waals surface area contributed by atoms with Gasteiger partial charge in [0, 0.05) is 27.2 Å². The van der Waals surface area contributed by atoms with Crippen LogP contribution in [0.2, 0.25) is 0 Å². The highest BCUT2D eigenvalue weighted by molar-refractivity contribution is 5.42. The van der Waals surface area contributed by atoms with Gasteiger partial charge in [0.25, 0.3) is 0 Å². The number of rotatable bonds is 6. The van der Waals surface area contributed by atoms with Gasteiger partial charge >= 0.3 is 0 Å². The Balaban J connectivity index is 1.86. The lowest BCUT2D eigenvalue weighted by Gasteiger charge is -2.13. The normalized spacial score (nSPS) is 10.7. The van der Waals surface area contributed by atoms with Crippen LogP contribution in [0.5, 0.6) is 0 Å². The maximum atomic E-state index is 13.5. The molecule has 2 aromatic heterocycles. The molecule has 0 amide bonds. The van der Waals surface area contributed by atoms with Gasteiger partial charge in [-0.1, -0.05) is 0 Å². The Hall–Kier alpha value is -2.25. The summed E-state index contributed by atoms with van der Waals surface area (Å²) in [6.45, 7) is 5.25. The van der Waals surface area contributed by atoms with Crippen molar-refractivity contribution in [3.8, 4) is 0 Å². The molecule has 0 radical (unpaired) electrons. The minimum atomic E-state index is -0.431. The topological polar surface area (TPSA) is 71.8 Å². The van der Waals surface area contributed by atoms with Crippen molar-refractivity contribution in [3.63, 3.8) is 0 Å². The standard InChI is InChI=1S/C13H20FN7/c1-9-17-10(2)21(19-9)7-5-6-15-13-16-8-11(14)12(18-13)20(3)4/h8H,5-7H2,1-4H3,(H,15,16,18). The van der Waals surface area contributed by atoms with Crippen LogP contribution in [0.3, 0.4) is 0 Å².